The Morgan fingerprint density at radius 3 is 2.19 bits per heavy atom. The first kappa shape index (κ1) is 16.3. The molecule has 0 spiro atoms. The summed E-state index contributed by atoms with van der Waals surface area (Å²) in [5.74, 6) is 0. The maximum atomic E-state index is 5.44. The second kappa shape index (κ2) is 11.8. The summed E-state index contributed by atoms with van der Waals surface area (Å²) < 4.78 is 15.6. The SMILES string of the molecule is COCCOCCOCCN(C)CC(C)Br. The van der Waals surface area contributed by atoms with Crippen LogP contribution in [0.4, 0.5) is 0 Å². The fraction of sp³-hybridized carbons (Fsp3) is 1.00. The highest BCUT2D eigenvalue weighted by Crippen LogP contribution is 1.98. The van der Waals surface area contributed by atoms with Gasteiger partial charge in [0.1, 0.15) is 0 Å². The number of alkyl halides is 1. The smallest absolute Gasteiger partial charge is 0.0701 e. The van der Waals surface area contributed by atoms with E-state index in [9.17, 15) is 0 Å². The van der Waals surface area contributed by atoms with Crippen LogP contribution in [-0.2, 0) is 14.2 Å². The Bertz CT molecular complexity index is 147. The van der Waals surface area contributed by atoms with Gasteiger partial charge >= 0.3 is 0 Å². The van der Waals surface area contributed by atoms with Gasteiger partial charge in [0, 0.05) is 25.0 Å². The minimum Gasteiger partial charge on any atom is -0.382 e. The van der Waals surface area contributed by atoms with Gasteiger partial charge < -0.3 is 19.1 Å². The monoisotopic (exact) mass is 297 g/mol. The summed E-state index contributed by atoms with van der Waals surface area (Å²) in [6, 6.07) is 0. The molecule has 0 aromatic heterocycles. The largest absolute Gasteiger partial charge is 0.382 e. The van der Waals surface area contributed by atoms with Crippen LogP contribution in [0.2, 0.25) is 0 Å². The number of nitrogens with zero attached hydrogens (tertiary/aromatic N) is 1. The van der Waals surface area contributed by atoms with Gasteiger partial charge in [-0.05, 0) is 7.05 Å². The van der Waals surface area contributed by atoms with Gasteiger partial charge in [-0.3, -0.25) is 0 Å². The van der Waals surface area contributed by atoms with Gasteiger partial charge in [-0.2, -0.15) is 0 Å². The maximum absolute atomic E-state index is 5.44. The predicted molar refractivity (Wildman–Crippen MR) is 69.4 cm³/mol. The minimum atomic E-state index is 0.523. The van der Waals surface area contributed by atoms with E-state index in [1.807, 2.05) is 0 Å². The van der Waals surface area contributed by atoms with Crippen molar-refractivity contribution in [2.75, 3.05) is 60.3 Å². The Hall–Kier alpha value is 0.320. The number of halogens is 1. The van der Waals surface area contributed by atoms with Crippen molar-refractivity contribution in [3.05, 3.63) is 0 Å². The molecule has 0 aliphatic heterocycles. The van der Waals surface area contributed by atoms with Gasteiger partial charge in [-0.25, -0.2) is 0 Å². The molecule has 5 heteroatoms. The summed E-state index contributed by atoms with van der Waals surface area (Å²) in [5, 5.41) is 0. The zero-order chi connectivity index (χ0) is 12.2. The van der Waals surface area contributed by atoms with E-state index in [0.29, 0.717) is 31.3 Å². The molecule has 0 saturated heterocycles. The third kappa shape index (κ3) is 12.4. The third-order valence-corrected chi connectivity index (χ3v) is 2.27. The summed E-state index contributed by atoms with van der Waals surface area (Å²) in [6.07, 6.45) is 0. The van der Waals surface area contributed by atoms with E-state index < -0.39 is 0 Å². The van der Waals surface area contributed by atoms with Gasteiger partial charge in [0.2, 0.25) is 0 Å². The van der Waals surface area contributed by atoms with Gasteiger partial charge in [-0.1, -0.05) is 22.9 Å². The molecule has 0 aromatic carbocycles. The van der Waals surface area contributed by atoms with Crippen LogP contribution in [0, 0.1) is 0 Å². The lowest BCUT2D eigenvalue weighted by atomic mass is 10.4. The molecule has 0 amide bonds. The fourth-order valence-electron chi connectivity index (χ4n) is 1.21. The van der Waals surface area contributed by atoms with E-state index in [4.69, 9.17) is 14.2 Å². The van der Waals surface area contributed by atoms with Crippen LogP contribution in [0.3, 0.4) is 0 Å². The molecule has 16 heavy (non-hydrogen) atoms. The van der Waals surface area contributed by atoms with Gasteiger partial charge in [0.15, 0.2) is 0 Å². The molecule has 0 saturated carbocycles. The lowest BCUT2D eigenvalue weighted by molar-refractivity contribution is 0.0209. The second-order valence-electron chi connectivity index (χ2n) is 3.76. The molecular formula is C11H24BrNO3. The Morgan fingerprint density at radius 2 is 1.62 bits per heavy atom. The van der Waals surface area contributed by atoms with Gasteiger partial charge in [0.25, 0.3) is 0 Å². The van der Waals surface area contributed by atoms with E-state index >= 15 is 0 Å². The standard InChI is InChI=1S/C11H24BrNO3/c1-11(12)10-13(2)4-5-15-8-9-16-7-6-14-3/h11H,4-10H2,1-3H3. The molecule has 0 radical (unpaired) electrons. The first-order chi connectivity index (χ1) is 7.66. The molecule has 0 aromatic rings. The maximum Gasteiger partial charge on any atom is 0.0701 e. The van der Waals surface area contributed by atoms with Gasteiger partial charge in [-0.15, -0.1) is 0 Å². The van der Waals surface area contributed by atoms with Crippen LogP contribution in [0.5, 0.6) is 0 Å². The Balaban J connectivity index is 3.08. The Morgan fingerprint density at radius 1 is 1.06 bits per heavy atom. The highest BCUT2D eigenvalue weighted by atomic mass is 79.9. The number of likely N-dealkylation sites (N-methyl/N-ethyl adjacent to an activating group) is 1. The van der Waals surface area contributed by atoms with Crippen molar-refractivity contribution in [3.63, 3.8) is 0 Å². The normalized spacial score (nSPS) is 13.3. The lowest BCUT2D eigenvalue weighted by Gasteiger charge is -2.17. The van der Waals surface area contributed by atoms with E-state index in [-0.39, 0.29) is 0 Å². The molecule has 98 valence electrons. The average Bonchev–Trinajstić information content (AvgIpc) is 2.21. The minimum absolute atomic E-state index is 0.523. The molecule has 0 aliphatic carbocycles. The highest BCUT2D eigenvalue weighted by molar-refractivity contribution is 9.09. The summed E-state index contributed by atoms with van der Waals surface area (Å²) in [5.41, 5.74) is 0. The first-order valence-corrected chi connectivity index (χ1v) is 6.55. The van der Waals surface area contributed by atoms with Crippen LogP contribution >= 0.6 is 15.9 Å². The number of ether oxygens (including phenoxy) is 3. The van der Waals surface area contributed by atoms with Crippen LogP contribution in [0.1, 0.15) is 6.92 Å². The molecule has 4 nitrogen and oxygen atoms in total. The molecule has 0 fully saturated rings. The summed E-state index contributed by atoms with van der Waals surface area (Å²) >= 11 is 3.52. The van der Waals surface area contributed by atoms with E-state index in [2.05, 4.69) is 34.8 Å². The van der Waals surface area contributed by atoms with Crippen molar-refractivity contribution in [1.82, 2.24) is 4.90 Å². The van der Waals surface area contributed by atoms with Crippen molar-refractivity contribution in [3.8, 4) is 0 Å². The first-order valence-electron chi connectivity index (χ1n) is 5.64. The molecule has 0 rings (SSSR count). The quantitative estimate of drug-likeness (QED) is 0.426. The number of rotatable bonds is 11. The van der Waals surface area contributed by atoms with Crippen LogP contribution < -0.4 is 0 Å². The predicted octanol–water partition coefficient (Wildman–Crippen LogP) is 1.38. The summed E-state index contributed by atoms with van der Waals surface area (Å²) in [6.45, 7) is 7.46. The van der Waals surface area contributed by atoms with Crippen LogP contribution in [0.25, 0.3) is 0 Å². The average molecular weight is 298 g/mol. The zero-order valence-electron chi connectivity index (χ0n) is 10.6. The molecule has 0 heterocycles. The van der Waals surface area contributed by atoms with E-state index in [1.165, 1.54) is 0 Å². The fourth-order valence-corrected chi connectivity index (χ4v) is 1.70. The van der Waals surface area contributed by atoms with Crippen molar-refractivity contribution >= 4 is 15.9 Å². The van der Waals surface area contributed by atoms with Crippen molar-refractivity contribution < 1.29 is 14.2 Å². The number of hydrogen-bond acceptors (Lipinski definition) is 4. The number of methoxy groups -OCH3 is 1. The topological polar surface area (TPSA) is 30.9 Å². The Labute approximate surface area is 107 Å². The molecular weight excluding hydrogens is 274 g/mol. The molecule has 1 unspecified atom stereocenters. The van der Waals surface area contributed by atoms with Gasteiger partial charge in [0.05, 0.1) is 33.0 Å². The van der Waals surface area contributed by atoms with Crippen LogP contribution in [-0.4, -0.2) is 70.0 Å². The molecule has 0 aliphatic rings. The van der Waals surface area contributed by atoms with E-state index in [0.717, 1.165) is 19.7 Å². The summed E-state index contributed by atoms with van der Waals surface area (Å²) in [7, 11) is 3.76. The summed E-state index contributed by atoms with van der Waals surface area (Å²) in [4.78, 5) is 2.76. The van der Waals surface area contributed by atoms with E-state index in [1.54, 1.807) is 7.11 Å². The van der Waals surface area contributed by atoms with Crippen molar-refractivity contribution in [1.29, 1.82) is 0 Å². The molecule has 1 atom stereocenters. The second-order valence-corrected chi connectivity index (χ2v) is 5.32. The highest BCUT2D eigenvalue weighted by Gasteiger charge is 2.01. The molecule has 0 bridgehead atoms. The number of hydrogen-bond donors (Lipinski definition) is 0. The lowest BCUT2D eigenvalue weighted by Crippen LogP contribution is -2.28. The zero-order valence-corrected chi connectivity index (χ0v) is 12.2. The molecule has 0 N–H and O–H groups in total. The van der Waals surface area contributed by atoms with Crippen LogP contribution in [0.15, 0.2) is 0 Å². The Kier molecular flexibility index (Phi) is 12.0. The van der Waals surface area contributed by atoms with Crippen molar-refractivity contribution in [2.45, 2.75) is 11.8 Å². The van der Waals surface area contributed by atoms with Crippen molar-refractivity contribution in [2.24, 2.45) is 0 Å². The third-order valence-electron chi connectivity index (χ3n) is 1.98.